The minimum Gasteiger partial charge on any atom is -0.456 e. The minimum atomic E-state index is 0.868. The zero-order chi connectivity index (χ0) is 38.6. The monoisotopic (exact) mass is 755 g/mol. The number of rotatable bonds is 4. The van der Waals surface area contributed by atoms with Gasteiger partial charge in [-0.25, -0.2) is 0 Å². The number of para-hydroxylation sites is 3. The molecule has 0 radical (unpaired) electrons. The summed E-state index contributed by atoms with van der Waals surface area (Å²) < 4.78 is 15.1. The third kappa shape index (κ3) is 4.73. The van der Waals surface area contributed by atoms with Crippen LogP contribution in [0.1, 0.15) is 0 Å². The van der Waals surface area contributed by atoms with Gasteiger partial charge in [0.2, 0.25) is 0 Å². The Balaban J connectivity index is 1.19. The van der Waals surface area contributed by atoms with Crippen molar-refractivity contribution in [1.29, 1.82) is 0 Å². The first-order valence-corrected chi connectivity index (χ1v) is 20.0. The molecule has 4 heterocycles. The molecule has 0 atom stereocenters. The van der Waals surface area contributed by atoms with Crippen LogP contribution in [0.4, 0.5) is 34.1 Å². The largest absolute Gasteiger partial charge is 0.456 e. The van der Waals surface area contributed by atoms with E-state index in [-0.39, 0.29) is 0 Å². The van der Waals surface area contributed by atoms with Gasteiger partial charge >= 0.3 is 0 Å². The Morgan fingerprint density at radius 3 is 1.31 bits per heavy atom. The van der Waals surface area contributed by atoms with Gasteiger partial charge in [0, 0.05) is 60.8 Å². The highest BCUT2D eigenvalue weighted by Gasteiger charge is 2.29. The Kier molecular flexibility index (Phi) is 6.66. The molecule has 0 unspecified atom stereocenters. The lowest BCUT2D eigenvalue weighted by atomic mass is 10.0. The van der Waals surface area contributed by atoms with E-state index in [0.29, 0.717) is 0 Å². The third-order valence-electron chi connectivity index (χ3n) is 12.0. The molecule has 12 aromatic rings. The minimum absolute atomic E-state index is 0.868. The third-order valence-corrected chi connectivity index (χ3v) is 12.0. The van der Waals surface area contributed by atoms with Crippen molar-refractivity contribution in [3.05, 3.63) is 200 Å². The summed E-state index contributed by atoms with van der Waals surface area (Å²) in [6.45, 7) is 0. The Labute approximate surface area is 338 Å². The second kappa shape index (κ2) is 12.2. The van der Waals surface area contributed by atoms with Crippen molar-refractivity contribution >= 4 is 99.8 Å². The average molecular weight is 756 g/mol. The fourth-order valence-corrected chi connectivity index (χ4v) is 9.51. The highest BCUT2D eigenvalue weighted by atomic mass is 16.3. The van der Waals surface area contributed by atoms with Crippen molar-refractivity contribution in [2.75, 3.05) is 9.80 Å². The quantitative estimate of drug-likeness (QED) is 0.179. The maximum Gasteiger partial charge on any atom is 0.135 e. The lowest BCUT2D eigenvalue weighted by Crippen LogP contribution is -2.13. The first kappa shape index (κ1) is 32.1. The van der Waals surface area contributed by atoms with Crippen molar-refractivity contribution in [3.8, 4) is 16.8 Å². The van der Waals surface area contributed by atoms with Gasteiger partial charge in [-0.15, -0.1) is 0 Å². The Hall–Kier alpha value is -8.02. The summed E-state index contributed by atoms with van der Waals surface area (Å²) in [7, 11) is 0. The van der Waals surface area contributed by atoms with Crippen LogP contribution >= 0.6 is 0 Å². The van der Waals surface area contributed by atoms with E-state index in [2.05, 4.69) is 190 Å². The van der Waals surface area contributed by atoms with Gasteiger partial charge in [-0.3, -0.25) is 0 Å². The number of nitrogens with zero attached hydrogens (tertiary/aromatic N) is 3. The summed E-state index contributed by atoms with van der Waals surface area (Å²) in [4.78, 5) is 4.89. The van der Waals surface area contributed by atoms with Crippen LogP contribution in [-0.4, -0.2) is 4.57 Å². The number of hydrogen-bond acceptors (Lipinski definition) is 4. The molecule has 0 amide bonds. The van der Waals surface area contributed by atoms with Crippen molar-refractivity contribution in [2.24, 2.45) is 0 Å². The second-order valence-corrected chi connectivity index (χ2v) is 15.3. The molecular weight excluding hydrogens is 723 g/mol. The second-order valence-electron chi connectivity index (χ2n) is 15.3. The molecule has 5 heteroatoms. The summed E-state index contributed by atoms with van der Waals surface area (Å²) >= 11 is 0. The van der Waals surface area contributed by atoms with Crippen molar-refractivity contribution in [2.45, 2.75) is 0 Å². The predicted octanol–water partition coefficient (Wildman–Crippen LogP) is 15.5. The summed E-state index contributed by atoms with van der Waals surface area (Å²) in [6.07, 6.45) is 0. The molecule has 0 spiro atoms. The average Bonchev–Trinajstić information content (AvgIpc) is 3.97. The standard InChI is InChI=1S/C54H33N3O2/c1-3-13-34(14-4-1)35-29-39-31-40(30-35)56(38-26-28-52-44(33-38)42-18-8-10-24-50(42)59-52)46-20-12-22-48-54(46)53-45(19-11-21-47(53)57(48)36-15-5-2-6-16-36)55(39)37-25-27-51-43(32-37)41-17-7-9-23-49(41)58-51/h1-33H. The van der Waals surface area contributed by atoms with Crippen LogP contribution < -0.4 is 9.80 Å². The van der Waals surface area contributed by atoms with E-state index >= 15 is 0 Å². The number of benzene rings is 9. The van der Waals surface area contributed by atoms with Gasteiger partial charge in [-0.2, -0.15) is 0 Å². The number of aromatic nitrogens is 1. The number of furan rings is 2. The molecule has 0 fully saturated rings. The lowest BCUT2D eigenvalue weighted by Gasteiger charge is -2.29. The molecule has 0 N–H and O–H groups in total. The summed E-state index contributed by atoms with van der Waals surface area (Å²) in [5.74, 6) is 0. The summed E-state index contributed by atoms with van der Waals surface area (Å²) in [5.41, 5.74) is 15.5. The molecule has 0 saturated heterocycles. The zero-order valence-corrected chi connectivity index (χ0v) is 31.7. The first-order valence-electron chi connectivity index (χ1n) is 20.0. The van der Waals surface area contributed by atoms with Crippen molar-refractivity contribution in [3.63, 3.8) is 0 Å². The summed E-state index contributed by atoms with van der Waals surface area (Å²) in [5, 5.41) is 6.70. The van der Waals surface area contributed by atoms with E-state index in [4.69, 9.17) is 8.83 Å². The van der Waals surface area contributed by atoms with Crippen LogP contribution in [0.5, 0.6) is 0 Å². The van der Waals surface area contributed by atoms with Gasteiger partial charge in [0.05, 0.1) is 22.4 Å². The summed E-state index contributed by atoms with van der Waals surface area (Å²) in [6, 6.07) is 71.7. The van der Waals surface area contributed by atoms with E-state index in [1.807, 2.05) is 24.3 Å². The maximum absolute atomic E-state index is 6.36. The molecule has 9 aromatic carbocycles. The smallest absolute Gasteiger partial charge is 0.135 e. The molecule has 59 heavy (non-hydrogen) atoms. The Bertz CT molecular complexity index is 3440. The molecule has 5 nitrogen and oxygen atoms in total. The van der Waals surface area contributed by atoms with Gasteiger partial charge < -0.3 is 23.2 Å². The van der Waals surface area contributed by atoms with Gasteiger partial charge in [-0.1, -0.05) is 97.1 Å². The van der Waals surface area contributed by atoms with E-state index in [0.717, 1.165) is 106 Å². The van der Waals surface area contributed by atoms with Crippen LogP contribution in [0.25, 0.3) is 82.5 Å². The van der Waals surface area contributed by atoms with E-state index in [1.54, 1.807) is 0 Å². The normalized spacial score (nSPS) is 12.7. The topological polar surface area (TPSA) is 37.7 Å². The van der Waals surface area contributed by atoms with Gasteiger partial charge in [0.1, 0.15) is 22.3 Å². The predicted molar refractivity (Wildman–Crippen MR) is 244 cm³/mol. The highest BCUT2D eigenvalue weighted by Crippen LogP contribution is 2.53. The van der Waals surface area contributed by atoms with E-state index in [1.165, 1.54) is 10.8 Å². The molecule has 0 saturated carbocycles. The van der Waals surface area contributed by atoms with Gasteiger partial charge in [-0.05, 0) is 114 Å². The fourth-order valence-electron chi connectivity index (χ4n) is 9.51. The van der Waals surface area contributed by atoms with Crippen LogP contribution in [-0.2, 0) is 0 Å². The van der Waals surface area contributed by atoms with Crippen molar-refractivity contribution in [1.82, 2.24) is 4.57 Å². The molecule has 0 aliphatic carbocycles. The fraction of sp³-hybridized carbons (Fsp3) is 0. The molecule has 3 aromatic heterocycles. The molecule has 1 aliphatic heterocycles. The lowest BCUT2D eigenvalue weighted by molar-refractivity contribution is 0.668. The zero-order valence-electron chi connectivity index (χ0n) is 31.7. The Morgan fingerprint density at radius 2 is 0.763 bits per heavy atom. The first-order chi connectivity index (χ1) is 29.2. The SMILES string of the molecule is c1ccc(-c2cc3cc(c2)N(c2ccc4oc5ccccc5c4c2)c2cccc4c2c2c(cccc2n4-c2ccccc2)N3c2ccc3oc4ccccc4c3c2)cc1. The van der Waals surface area contributed by atoms with Crippen LogP contribution in [0, 0.1) is 0 Å². The molecule has 276 valence electrons. The van der Waals surface area contributed by atoms with Gasteiger partial charge in [0.15, 0.2) is 0 Å². The van der Waals surface area contributed by atoms with Gasteiger partial charge in [0.25, 0.3) is 0 Å². The van der Waals surface area contributed by atoms with E-state index in [9.17, 15) is 0 Å². The highest BCUT2D eigenvalue weighted by molar-refractivity contribution is 6.23. The number of hydrogen-bond donors (Lipinski definition) is 0. The molecule has 13 rings (SSSR count). The Morgan fingerprint density at radius 1 is 0.288 bits per heavy atom. The number of anilines is 6. The molecule has 1 aliphatic rings. The van der Waals surface area contributed by atoms with Crippen LogP contribution in [0.2, 0.25) is 0 Å². The van der Waals surface area contributed by atoms with E-state index < -0.39 is 0 Å². The van der Waals surface area contributed by atoms with Crippen LogP contribution in [0.3, 0.4) is 0 Å². The van der Waals surface area contributed by atoms with Crippen LogP contribution in [0.15, 0.2) is 209 Å². The van der Waals surface area contributed by atoms with Crippen molar-refractivity contribution < 1.29 is 8.83 Å². The molecular formula is C54H33N3O2. The molecule has 2 bridgehead atoms. The maximum atomic E-state index is 6.36. The number of fused-ring (bicyclic) bond motifs is 8.